The van der Waals surface area contributed by atoms with Crippen LogP contribution in [0.15, 0.2) is 30.5 Å². The average Bonchev–Trinajstić information content (AvgIpc) is 2.81. The van der Waals surface area contributed by atoms with Crippen molar-refractivity contribution < 1.29 is 10.0 Å². The molecule has 1 heterocycles. The molecule has 2 rings (SSSR count). The van der Waals surface area contributed by atoms with Gasteiger partial charge in [-0.15, -0.1) is 0 Å². The Morgan fingerprint density at radius 1 is 1.22 bits per heavy atom. The first-order valence-electron chi connectivity index (χ1n) is 6.29. The van der Waals surface area contributed by atoms with E-state index in [9.17, 15) is 4.79 Å². The molecule has 0 aliphatic carbocycles. The Morgan fingerprint density at radius 3 is 2.89 bits per heavy atom. The molecule has 96 valence electrons. The maximum atomic E-state index is 10.8. The summed E-state index contributed by atoms with van der Waals surface area (Å²) in [5.74, 6) is -0.304. The Labute approximate surface area is 106 Å². The summed E-state index contributed by atoms with van der Waals surface area (Å²) >= 11 is 0. The average molecular weight is 246 g/mol. The highest BCUT2D eigenvalue weighted by molar-refractivity contribution is 5.83. The fourth-order valence-corrected chi connectivity index (χ4v) is 2.17. The number of carbonyl (C=O) groups excluding carboxylic acids is 1. The zero-order valence-corrected chi connectivity index (χ0v) is 10.3. The van der Waals surface area contributed by atoms with E-state index in [0.29, 0.717) is 6.42 Å². The first kappa shape index (κ1) is 12.6. The SMILES string of the molecule is O=C(CCCCCc1c[nH]c2ccccc12)NO. The molecule has 2 aromatic rings. The molecule has 0 radical (unpaired) electrons. The molecular weight excluding hydrogens is 228 g/mol. The highest BCUT2D eigenvalue weighted by atomic mass is 16.5. The van der Waals surface area contributed by atoms with Gasteiger partial charge in [-0.2, -0.15) is 0 Å². The van der Waals surface area contributed by atoms with E-state index in [-0.39, 0.29) is 5.91 Å². The molecule has 0 bridgehead atoms. The van der Waals surface area contributed by atoms with E-state index in [1.165, 1.54) is 16.5 Å². The van der Waals surface area contributed by atoms with Crippen LogP contribution in [0.25, 0.3) is 10.9 Å². The summed E-state index contributed by atoms with van der Waals surface area (Å²) in [6, 6.07) is 8.27. The Hall–Kier alpha value is -1.81. The number of fused-ring (bicyclic) bond motifs is 1. The van der Waals surface area contributed by atoms with E-state index in [0.717, 1.165) is 25.7 Å². The van der Waals surface area contributed by atoms with E-state index in [4.69, 9.17) is 5.21 Å². The van der Waals surface area contributed by atoms with Crippen LogP contribution in [0.3, 0.4) is 0 Å². The molecule has 0 aliphatic heterocycles. The highest BCUT2D eigenvalue weighted by Crippen LogP contribution is 2.19. The number of aromatic nitrogens is 1. The molecule has 1 amide bonds. The quantitative estimate of drug-likeness (QED) is 0.417. The molecule has 4 heteroatoms. The van der Waals surface area contributed by atoms with E-state index in [1.54, 1.807) is 5.48 Å². The van der Waals surface area contributed by atoms with Gasteiger partial charge in [0.05, 0.1) is 0 Å². The molecule has 0 unspecified atom stereocenters. The third-order valence-electron chi connectivity index (χ3n) is 3.15. The Balaban J connectivity index is 1.78. The van der Waals surface area contributed by atoms with E-state index >= 15 is 0 Å². The van der Waals surface area contributed by atoms with Crippen LogP contribution in [-0.2, 0) is 11.2 Å². The number of hydrogen-bond donors (Lipinski definition) is 3. The summed E-state index contributed by atoms with van der Waals surface area (Å²) in [6.45, 7) is 0. The molecule has 18 heavy (non-hydrogen) atoms. The number of carbonyl (C=O) groups is 1. The summed E-state index contributed by atoms with van der Waals surface area (Å²) < 4.78 is 0. The normalized spacial score (nSPS) is 10.7. The highest BCUT2D eigenvalue weighted by Gasteiger charge is 2.03. The number of nitrogens with one attached hydrogen (secondary N) is 2. The van der Waals surface area contributed by atoms with Gasteiger partial charge in [0, 0.05) is 23.5 Å². The van der Waals surface area contributed by atoms with Gasteiger partial charge < -0.3 is 4.98 Å². The Morgan fingerprint density at radius 2 is 2.06 bits per heavy atom. The van der Waals surface area contributed by atoms with Gasteiger partial charge in [0.25, 0.3) is 0 Å². The van der Waals surface area contributed by atoms with Gasteiger partial charge in [0.2, 0.25) is 5.91 Å². The van der Waals surface area contributed by atoms with Crippen molar-refractivity contribution in [1.29, 1.82) is 0 Å². The van der Waals surface area contributed by atoms with Crippen molar-refractivity contribution in [3.05, 3.63) is 36.0 Å². The predicted molar refractivity (Wildman–Crippen MR) is 70.4 cm³/mol. The van der Waals surface area contributed by atoms with Crippen LogP contribution in [0.1, 0.15) is 31.2 Å². The van der Waals surface area contributed by atoms with Gasteiger partial charge in [-0.05, 0) is 30.9 Å². The molecule has 1 aromatic heterocycles. The van der Waals surface area contributed by atoms with Crippen LogP contribution in [0.5, 0.6) is 0 Å². The second kappa shape index (κ2) is 6.21. The van der Waals surface area contributed by atoms with Crippen molar-refractivity contribution in [2.75, 3.05) is 0 Å². The smallest absolute Gasteiger partial charge is 0.243 e. The van der Waals surface area contributed by atoms with Crippen molar-refractivity contribution >= 4 is 16.8 Å². The minimum Gasteiger partial charge on any atom is -0.361 e. The molecule has 4 nitrogen and oxygen atoms in total. The summed E-state index contributed by atoms with van der Waals surface area (Å²) in [6.07, 6.45) is 6.34. The second-order valence-electron chi connectivity index (χ2n) is 4.46. The maximum Gasteiger partial charge on any atom is 0.243 e. The zero-order valence-electron chi connectivity index (χ0n) is 10.3. The van der Waals surface area contributed by atoms with Crippen LogP contribution in [0.4, 0.5) is 0 Å². The number of para-hydroxylation sites is 1. The molecule has 0 atom stereocenters. The number of unbranched alkanes of at least 4 members (excludes halogenated alkanes) is 2. The third kappa shape index (κ3) is 3.11. The van der Waals surface area contributed by atoms with Crippen LogP contribution in [0.2, 0.25) is 0 Å². The van der Waals surface area contributed by atoms with Crippen molar-refractivity contribution in [3.8, 4) is 0 Å². The number of aryl methyl sites for hydroxylation is 1. The Bertz CT molecular complexity index is 519. The molecular formula is C14H18N2O2. The first-order chi connectivity index (χ1) is 8.81. The van der Waals surface area contributed by atoms with E-state index < -0.39 is 0 Å². The number of H-pyrrole nitrogens is 1. The molecule has 0 saturated heterocycles. The standard InChI is InChI=1S/C14H18N2O2/c17-14(16-18)9-3-1-2-6-11-10-15-13-8-5-4-7-12(11)13/h4-5,7-8,10,15,18H,1-3,6,9H2,(H,16,17). The molecule has 0 spiro atoms. The lowest BCUT2D eigenvalue weighted by atomic mass is 10.1. The minimum atomic E-state index is -0.304. The molecule has 0 aliphatic rings. The summed E-state index contributed by atoms with van der Waals surface area (Å²) in [5.41, 5.74) is 4.15. The van der Waals surface area contributed by atoms with Gasteiger partial charge in [-0.25, -0.2) is 5.48 Å². The van der Waals surface area contributed by atoms with Gasteiger partial charge in [-0.3, -0.25) is 10.0 Å². The summed E-state index contributed by atoms with van der Waals surface area (Å²) in [7, 11) is 0. The summed E-state index contributed by atoms with van der Waals surface area (Å²) in [5, 5.41) is 9.64. The van der Waals surface area contributed by atoms with E-state index in [2.05, 4.69) is 23.3 Å². The van der Waals surface area contributed by atoms with Gasteiger partial charge in [-0.1, -0.05) is 24.6 Å². The lowest BCUT2D eigenvalue weighted by molar-refractivity contribution is -0.129. The van der Waals surface area contributed by atoms with Crippen LogP contribution in [-0.4, -0.2) is 16.1 Å². The van der Waals surface area contributed by atoms with Crippen molar-refractivity contribution in [2.24, 2.45) is 0 Å². The maximum absolute atomic E-state index is 10.8. The molecule has 3 N–H and O–H groups in total. The number of hydroxylamine groups is 1. The fourth-order valence-electron chi connectivity index (χ4n) is 2.17. The van der Waals surface area contributed by atoms with Gasteiger partial charge >= 0.3 is 0 Å². The predicted octanol–water partition coefficient (Wildman–Crippen LogP) is 2.78. The number of amides is 1. The lowest BCUT2D eigenvalue weighted by Crippen LogP contribution is -2.17. The largest absolute Gasteiger partial charge is 0.361 e. The van der Waals surface area contributed by atoms with Crippen LogP contribution >= 0.6 is 0 Å². The fraction of sp³-hybridized carbons (Fsp3) is 0.357. The molecule has 1 aromatic carbocycles. The number of rotatable bonds is 6. The third-order valence-corrected chi connectivity index (χ3v) is 3.15. The number of hydrogen-bond acceptors (Lipinski definition) is 2. The van der Waals surface area contributed by atoms with Gasteiger partial charge in [0.15, 0.2) is 0 Å². The minimum absolute atomic E-state index is 0.304. The lowest BCUT2D eigenvalue weighted by Gasteiger charge is -2.00. The monoisotopic (exact) mass is 246 g/mol. The van der Waals surface area contributed by atoms with Crippen molar-refractivity contribution in [3.63, 3.8) is 0 Å². The van der Waals surface area contributed by atoms with Gasteiger partial charge in [0.1, 0.15) is 0 Å². The Kier molecular flexibility index (Phi) is 4.36. The van der Waals surface area contributed by atoms with Crippen LogP contribution < -0.4 is 5.48 Å². The van der Waals surface area contributed by atoms with Crippen LogP contribution in [0, 0.1) is 0 Å². The van der Waals surface area contributed by atoms with Crippen molar-refractivity contribution in [2.45, 2.75) is 32.1 Å². The summed E-state index contributed by atoms with van der Waals surface area (Å²) in [4.78, 5) is 14.1. The topological polar surface area (TPSA) is 65.1 Å². The molecule has 0 fully saturated rings. The zero-order chi connectivity index (χ0) is 12.8. The number of benzene rings is 1. The first-order valence-corrected chi connectivity index (χ1v) is 6.29. The molecule has 0 saturated carbocycles. The van der Waals surface area contributed by atoms with Crippen molar-refractivity contribution in [1.82, 2.24) is 10.5 Å². The number of aromatic amines is 1. The van der Waals surface area contributed by atoms with E-state index in [1.807, 2.05) is 12.1 Å². The second-order valence-corrected chi connectivity index (χ2v) is 4.46.